The summed E-state index contributed by atoms with van der Waals surface area (Å²) in [4.78, 5) is 4.42. The molecular weight excluding hydrogens is 250 g/mol. The summed E-state index contributed by atoms with van der Waals surface area (Å²) >= 11 is 0. The maximum Gasteiger partial charge on any atom is 0.161 e. The smallest absolute Gasteiger partial charge is 0.161 e. The maximum atomic E-state index is 5.63. The van der Waals surface area contributed by atoms with Crippen LogP contribution in [0, 0.1) is 0 Å². The molecule has 0 N–H and O–H groups in total. The van der Waals surface area contributed by atoms with Crippen LogP contribution in [0.5, 0.6) is 11.5 Å². The normalized spacial score (nSPS) is 10.7. The van der Waals surface area contributed by atoms with Gasteiger partial charge in [-0.15, -0.1) is 0 Å². The molecule has 0 spiro atoms. The fraction of sp³-hybridized carbons (Fsp3) is 0.235. The van der Waals surface area contributed by atoms with E-state index in [1.54, 1.807) is 7.11 Å². The van der Waals surface area contributed by atoms with Gasteiger partial charge in [0.2, 0.25) is 0 Å². The minimum atomic E-state index is 0.688. The van der Waals surface area contributed by atoms with Crippen LogP contribution in [0.2, 0.25) is 0 Å². The van der Waals surface area contributed by atoms with Crippen LogP contribution in [0.1, 0.15) is 18.9 Å². The average molecular weight is 269 g/mol. The van der Waals surface area contributed by atoms with E-state index in [0.29, 0.717) is 6.61 Å². The molecular formula is C17H19NO2. The Bertz CT molecular complexity index is 564. The molecule has 0 radical (unpaired) electrons. The Morgan fingerprint density at radius 2 is 1.85 bits per heavy atom. The molecule has 0 aliphatic carbocycles. The number of para-hydroxylation sites is 1. The molecule has 2 rings (SSSR count). The van der Waals surface area contributed by atoms with Crippen LogP contribution in [0.25, 0.3) is 0 Å². The Hall–Kier alpha value is -2.29. The van der Waals surface area contributed by atoms with E-state index in [0.717, 1.165) is 29.2 Å². The van der Waals surface area contributed by atoms with Crippen molar-refractivity contribution in [1.29, 1.82) is 0 Å². The van der Waals surface area contributed by atoms with Crippen molar-refractivity contribution < 1.29 is 9.47 Å². The number of hydrogen-bond donors (Lipinski definition) is 0. The summed E-state index contributed by atoms with van der Waals surface area (Å²) in [6.07, 6.45) is 2.79. The van der Waals surface area contributed by atoms with E-state index < -0.39 is 0 Å². The molecule has 3 heteroatoms. The zero-order chi connectivity index (χ0) is 14.2. The Morgan fingerprint density at radius 3 is 2.55 bits per heavy atom. The summed E-state index contributed by atoms with van der Waals surface area (Å²) in [7, 11) is 1.65. The molecule has 0 saturated carbocycles. The van der Waals surface area contributed by atoms with E-state index in [1.165, 1.54) is 0 Å². The largest absolute Gasteiger partial charge is 0.493 e. The van der Waals surface area contributed by atoms with Gasteiger partial charge in [0.15, 0.2) is 11.5 Å². The third kappa shape index (κ3) is 3.85. The predicted octanol–water partition coefficient (Wildman–Crippen LogP) is 4.23. The highest BCUT2D eigenvalue weighted by molar-refractivity contribution is 5.83. The van der Waals surface area contributed by atoms with Crippen molar-refractivity contribution >= 4 is 11.9 Å². The standard InChI is InChI=1S/C17H19NO2/c1-3-11-20-16-10-9-14(12-17(16)19-2)13-18-15-7-5-4-6-8-15/h4-10,12-13H,3,11H2,1-2H3. The molecule has 0 bridgehead atoms. The third-order valence-electron chi connectivity index (χ3n) is 2.77. The number of benzene rings is 2. The first-order chi connectivity index (χ1) is 9.83. The van der Waals surface area contributed by atoms with Crippen molar-refractivity contribution in [3.63, 3.8) is 0 Å². The molecule has 104 valence electrons. The van der Waals surface area contributed by atoms with E-state index in [9.17, 15) is 0 Å². The lowest BCUT2D eigenvalue weighted by atomic mass is 10.2. The highest BCUT2D eigenvalue weighted by Gasteiger charge is 2.04. The lowest BCUT2D eigenvalue weighted by Gasteiger charge is -2.10. The number of methoxy groups -OCH3 is 1. The summed E-state index contributed by atoms with van der Waals surface area (Å²) in [5, 5.41) is 0. The maximum absolute atomic E-state index is 5.63. The minimum Gasteiger partial charge on any atom is -0.493 e. The highest BCUT2D eigenvalue weighted by atomic mass is 16.5. The number of ether oxygens (including phenoxy) is 2. The lowest BCUT2D eigenvalue weighted by molar-refractivity contribution is 0.294. The number of nitrogens with zero attached hydrogens (tertiary/aromatic N) is 1. The van der Waals surface area contributed by atoms with Gasteiger partial charge in [0.1, 0.15) is 0 Å². The van der Waals surface area contributed by atoms with E-state index in [-0.39, 0.29) is 0 Å². The second kappa shape index (κ2) is 7.34. The van der Waals surface area contributed by atoms with Crippen LogP contribution in [0.15, 0.2) is 53.5 Å². The van der Waals surface area contributed by atoms with Crippen LogP contribution in [0.3, 0.4) is 0 Å². The zero-order valence-corrected chi connectivity index (χ0v) is 11.9. The topological polar surface area (TPSA) is 30.8 Å². The van der Waals surface area contributed by atoms with Crippen LogP contribution < -0.4 is 9.47 Å². The summed E-state index contributed by atoms with van der Waals surface area (Å²) < 4.78 is 11.0. The molecule has 0 saturated heterocycles. The predicted molar refractivity (Wildman–Crippen MR) is 82.5 cm³/mol. The van der Waals surface area contributed by atoms with Crippen molar-refractivity contribution in [1.82, 2.24) is 0 Å². The van der Waals surface area contributed by atoms with E-state index in [2.05, 4.69) is 11.9 Å². The molecule has 0 atom stereocenters. The molecule has 0 aliphatic rings. The summed E-state index contributed by atoms with van der Waals surface area (Å²) in [5.41, 5.74) is 1.91. The summed E-state index contributed by atoms with van der Waals surface area (Å²) in [5.74, 6) is 1.50. The Morgan fingerprint density at radius 1 is 1.05 bits per heavy atom. The number of aliphatic imine (C=N–C) groups is 1. The highest BCUT2D eigenvalue weighted by Crippen LogP contribution is 2.27. The lowest BCUT2D eigenvalue weighted by Crippen LogP contribution is -1.98. The van der Waals surface area contributed by atoms with Crippen LogP contribution in [-0.2, 0) is 0 Å². The van der Waals surface area contributed by atoms with Gasteiger partial charge >= 0.3 is 0 Å². The van der Waals surface area contributed by atoms with Crippen molar-refractivity contribution in [2.45, 2.75) is 13.3 Å². The summed E-state index contributed by atoms with van der Waals surface area (Å²) in [6, 6.07) is 15.7. The van der Waals surface area contributed by atoms with Crippen molar-refractivity contribution in [2.75, 3.05) is 13.7 Å². The fourth-order valence-electron chi connectivity index (χ4n) is 1.76. The molecule has 2 aromatic rings. The van der Waals surface area contributed by atoms with Gasteiger partial charge in [-0.25, -0.2) is 0 Å². The van der Waals surface area contributed by atoms with Crippen LogP contribution in [0.4, 0.5) is 5.69 Å². The van der Waals surface area contributed by atoms with Gasteiger partial charge in [-0.2, -0.15) is 0 Å². The average Bonchev–Trinajstić information content (AvgIpc) is 2.52. The summed E-state index contributed by atoms with van der Waals surface area (Å²) in [6.45, 7) is 2.77. The van der Waals surface area contributed by atoms with Gasteiger partial charge in [-0.3, -0.25) is 4.99 Å². The second-order valence-corrected chi connectivity index (χ2v) is 4.35. The van der Waals surface area contributed by atoms with Crippen LogP contribution in [-0.4, -0.2) is 19.9 Å². The second-order valence-electron chi connectivity index (χ2n) is 4.35. The first-order valence-electron chi connectivity index (χ1n) is 6.73. The monoisotopic (exact) mass is 269 g/mol. The quantitative estimate of drug-likeness (QED) is 0.734. The molecule has 0 fully saturated rings. The van der Waals surface area contributed by atoms with E-state index in [1.807, 2.05) is 54.7 Å². The molecule has 3 nitrogen and oxygen atoms in total. The molecule has 0 amide bonds. The molecule has 0 aliphatic heterocycles. The minimum absolute atomic E-state index is 0.688. The van der Waals surface area contributed by atoms with Crippen LogP contribution >= 0.6 is 0 Å². The Kier molecular flexibility index (Phi) is 5.18. The molecule has 20 heavy (non-hydrogen) atoms. The van der Waals surface area contributed by atoms with E-state index >= 15 is 0 Å². The Labute approximate surface area is 119 Å². The molecule has 0 aromatic heterocycles. The van der Waals surface area contributed by atoms with E-state index in [4.69, 9.17) is 9.47 Å². The van der Waals surface area contributed by atoms with Crippen molar-refractivity contribution in [3.8, 4) is 11.5 Å². The molecule has 0 unspecified atom stereocenters. The number of hydrogen-bond acceptors (Lipinski definition) is 3. The van der Waals surface area contributed by atoms with Gasteiger partial charge in [0.25, 0.3) is 0 Å². The SMILES string of the molecule is CCCOc1ccc(C=Nc2ccccc2)cc1OC. The van der Waals surface area contributed by atoms with Gasteiger partial charge in [0, 0.05) is 6.21 Å². The van der Waals surface area contributed by atoms with Gasteiger partial charge in [-0.1, -0.05) is 25.1 Å². The zero-order valence-electron chi connectivity index (χ0n) is 11.9. The molecule has 0 heterocycles. The Balaban J connectivity index is 2.15. The fourth-order valence-corrected chi connectivity index (χ4v) is 1.76. The first kappa shape index (κ1) is 14.1. The number of rotatable bonds is 6. The van der Waals surface area contributed by atoms with Gasteiger partial charge in [0.05, 0.1) is 19.4 Å². The molecule has 2 aromatic carbocycles. The van der Waals surface area contributed by atoms with Gasteiger partial charge < -0.3 is 9.47 Å². The third-order valence-corrected chi connectivity index (χ3v) is 2.77. The van der Waals surface area contributed by atoms with Gasteiger partial charge in [-0.05, 0) is 42.3 Å². The first-order valence-corrected chi connectivity index (χ1v) is 6.73. The van der Waals surface area contributed by atoms with Crippen molar-refractivity contribution in [2.24, 2.45) is 4.99 Å². The van der Waals surface area contributed by atoms with Crippen molar-refractivity contribution in [3.05, 3.63) is 54.1 Å².